The van der Waals surface area contributed by atoms with E-state index < -0.39 is 53.9 Å². The van der Waals surface area contributed by atoms with Gasteiger partial charge in [-0.25, -0.2) is 33.9 Å². The number of imide groups is 3. The van der Waals surface area contributed by atoms with Gasteiger partial charge in [-0.15, -0.1) is 0 Å². The molecular weight excluding hydrogens is 1040 g/mol. The summed E-state index contributed by atoms with van der Waals surface area (Å²) in [4.78, 5) is 118. The molecule has 0 spiro atoms. The van der Waals surface area contributed by atoms with E-state index in [1.54, 1.807) is 0 Å². The fraction of sp³-hybridized carbons (Fsp3) is 0.424. The second-order valence-corrected chi connectivity index (χ2v) is 20.4. The van der Waals surface area contributed by atoms with Gasteiger partial charge in [-0.1, -0.05) is 165 Å². The molecule has 82 heavy (non-hydrogen) atoms. The van der Waals surface area contributed by atoms with E-state index in [4.69, 9.17) is 18.9 Å². The fourth-order valence-corrected chi connectivity index (χ4v) is 8.72. The Labute approximate surface area is 483 Å². The predicted molar refractivity (Wildman–Crippen MR) is 315 cm³/mol. The van der Waals surface area contributed by atoms with Crippen LogP contribution in [0.25, 0.3) is 0 Å². The first-order chi connectivity index (χ1) is 39.7. The number of amides is 7. The molecule has 438 valence electrons. The maximum atomic E-state index is 15.0. The third-order valence-electron chi connectivity index (χ3n) is 13.9. The van der Waals surface area contributed by atoms with Crippen LogP contribution in [0, 0.1) is 5.92 Å². The first-order valence-corrected chi connectivity index (χ1v) is 29.0. The van der Waals surface area contributed by atoms with Crippen molar-refractivity contribution in [2.75, 3.05) is 46.1 Å². The van der Waals surface area contributed by atoms with E-state index in [2.05, 4.69) is 5.32 Å². The van der Waals surface area contributed by atoms with Crippen LogP contribution < -0.4 is 5.32 Å². The van der Waals surface area contributed by atoms with Gasteiger partial charge in [0.2, 0.25) is 0 Å². The molecule has 0 aliphatic carbocycles. The molecule has 0 heterocycles. The van der Waals surface area contributed by atoms with E-state index in [9.17, 15) is 28.8 Å². The summed E-state index contributed by atoms with van der Waals surface area (Å²) >= 11 is 0. The van der Waals surface area contributed by atoms with Gasteiger partial charge in [0.25, 0.3) is 23.6 Å². The van der Waals surface area contributed by atoms with Crippen molar-refractivity contribution in [3.05, 3.63) is 177 Å². The standard InChI is InChI=1S/C66H82N4O12/c1-7-12-37-79-63(75)58(48(6)11-5)67-59(71)54-42-52(43-55(46-54)60(72)68(64(76)80-38-13-8-2)34-31-49-25-19-16-20-26-49)41-53-44-56(61(73)69(65(77)81-39-14-9-3)35-32-50-27-21-17-22-28-50)47-57(45-53)62(74)70(66(78)82-40-15-10-4)36-33-51-29-23-18-24-30-51/h16-30,42-48,58H,7-15,31-41H2,1-6H3,(H,67,71). The molecule has 0 fully saturated rings. The van der Waals surface area contributed by atoms with Gasteiger partial charge in [0.05, 0.1) is 26.4 Å². The lowest BCUT2D eigenvalue weighted by Crippen LogP contribution is -2.46. The summed E-state index contributed by atoms with van der Waals surface area (Å²) < 4.78 is 22.5. The van der Waals surface area contributed by atoms with Crippen molar-refractivity contribution in [1.29, 1.82) is 0 Å². The van der Waals surface area contributed by atoms with Crippen LogP contribution in [-0.2, 0) is 49.4 Å². The number of ether oxygens (including phenoxy) is 4. The average Bonchev–Trinajstić information content (AvgIpc) is 3.55. The maximum Gasteiger partial charge on any atom is 0.416 e. The largest absolute Gasteiger partial charge is 0.464 e. The minimum Gasteiger partial charge on any atom is -0.464 e. The third-order valence-corrected chi connectivity index (χ3v) is 13.9. The lowest BCUT2D eigenvalue weighted by Gasteiger charge is -2.24. The van der Waals surface area contributed by atoms with E-state index in [1.165, 1.54) is 36.4 Å². The predicted octanol–water partition coefficient (Wildman–Crippen LogP) is 12.6. The molecule has 5 rings (SSSR count). The summed E-state index contributed by atoms with van der Waals surface area (Å²) in [5.74, 6) is -3.99. The molecule has 5 aromatic carbocycles. The molecule has 0 radical (unpaired) electrons. The molecule has 16 nitrogen and oxygen atoms in total. The number of nitrogens with zero attached hydrogens (tertiary/aromatic N) is 3. The second-order valence-electron chi connectivity index (χ2n) is 20.4. The molecule has 1 N–H and O–H groups in total. The summed E-state index contributed by atoms with van der Waals surface area (Å²) in [6, 6.07) is 35.7. The van der Waals surface area contributed by atoms with Crippen molar-refractivity contribution in [3.63, 3.8) is 0 Å². The summed E-state index contributed by atoms with van der Waals surface area (Å²) in [6.07, 6.45) is 3.89. The number of unbranched alkanes of at least 4 members (excludes halogenated alkanes) is 4. The Bertz CT molecular complexity index is 2760. The number of rotatable bonds is 31. The normalized spacial score (nSPS) is 11.6. The van der Waals surface area contributed by atoms with Crippen molar-refractivity contribution in [3.8, 4) is 0 Å². The highest BCUT2D eigenvalue weighted by molar-refractivity contribution is 6.08. The van der Waals surface area contributed by atoms with Gasteiger partial charge in [0, 0.05) is 41.9 Å². The van der Waals surface area contributed by atoms with Crippen molar-refractivity contribution in [2.45, 2.75) is 131 Å². The van der Waals surface area contributed by atoms with Crippen LogP contribution in [0.1, 0.15) is 169 Å². The number of nitrogens with one attached hydrogen (secondary N) is 1. The molecule has 5 aromatic rings. The lowest BCUT2D eigenvalue weighted by atomic mass is 9.95. The van der Waals surface area contributed by atoms with Crippen LogP contribution in [-0.4, -0.2) is 115 Å². The number of carbonyl (C=O) groups excluding carboxylic acids is 8. The summed E-state index contributed by atoms with van der Waals surface area (Å²) in [5.41, 5.74) is 2.92. The monoisotopic (exact) mass is 1120 g/mol. The van der Waals surface area contributed by atoms with E-state index in [0.29, 0.717) is 49.7 Å². The molecule has 0 saturated carbocycles. The number of esters is 1. The van der Waals surface area contributed by atoms with Crippen LogP contribution in [0.3, 0.4) is 0 Å². The molecule has 0 aromatic heterocycles. The molecule has 7 amide bonds. The Morgan fingerprint density at radius 2 is 0.732 bits per heavy atom. The number of carbonyl (C=O) groups is 8. The van der Waals surface area contributed by atoms with Gasteiger partial charge >= 0.3 is 24.2 Å². The van der Waals surface area contributed by atoms with Gasteiger partial charge in [0.15, 0.2) is 0 Å². The topological polar surface area (TPSA) is 195 Å². The Kier molecular flexibility index (Phi) is 27.5. The molecule has 0 saturated heterocycles. The van der Waals surface area contributed by atoms with Crippen molar-refractivity contribution < 1.29 is 57.3 Å². The highest BCUT2D eigenvalue weighted by Gasteiger charge is 2.32. The van der Waals surface area contributed by atoms with Crippen LogP contribution in [0.4, 0.5) is 14.4 Å². The maximum absolute atomic E-state index is 15.0. The summed E-state index contributed by atoms with van der Waals surface area (Å²) in [6.45, 7) is 11.6. The van der Waals surface area contributed by atoms with Gasteiger partial charge in [-0.05, 0) is 121 Å². The van der Waals surface area contributed by atoms with Crippen LogP contribution in [0.15, 0.2) is 127 Å². The van der Waals surface area contributed by atoms with E-state index in [-0.39, 0.29) is 93.5 Å². The molecule has 0 bridgehead atoms. The first-order valence-electron chi connectivity index (χ1n) is 29.0. The minimum absolute atomic E-state index is 0.0368. The molecule has 0 aliphatic heterocycles. The zero-order valence-electron chi connectivity index (χ0n) is 48.7. The minimum atomic E-state index is -1.05. The summed E-state index contributed by atoms with van der Waals surface area (Å²) in [5, 5.41) is 2.86. The highest BCUT2D eigenvalue weighted by Crippen LogP contribution is 2.24. The molecule has 16 heteroatoms. The van der Waals surface area contributed by atoms with Crippen molar-refractivity contribution >= 4 is 47.9 Å². The molecule has 2 unspecified atom stereocenters. The Balaban J connectivity index is 1.70. The highest BCUT2D eigenvalue weighted by atomic mass is 16.6. The summed E-state index contributed by atoms with van der Waals surface area (Å²) in [7, 11) is 0. The van der Waals surface area contributed by atoms with Crippen LogP contribution in [0.5, 0.6) is 0 Å². The molecule has 0 aliphatic rings. The Morgan fingerprint density at radius 3 is 1.06 bits per heavy atom. The van der Waals surface area contributed by atoms with Crippen molar-refractivity contribution in [1.82, 2.24) is 20.0 Å². The lowest BCUT2D eigenvalue weighted by molar-refractivity contribution is -0.147. The van der Waals surface area contributed by atoms with E-state index in [1.807, 2.05) is 133 Å². The zero-order chi connectivity index (χ0) is 59.2. The van der Waals surface area contributed by atoms with Gasteiger partial charge in [-0.2, -0.15) is 0 Å². The van der Waals surface area contributed by atoms with Gasteiger partial charge in [-0.3, -0.25) is 19.2 Å². The quantitative estimate of drug-likeness (QED) is 0.0251. The number of hydrogen-bond donors (Lipinski definition) is 1. The third kappa shape index (κ3) is 20.4. The number of hydrogen-bond acceptors (Lipinski definition) is 12. The first kappa shape index (κ1) is 64.7. The van der Waals surface area contributed by atoms with E-state index in [0.717, 1.165) is 57.1 Å². The fourth-order valence-electron chi connectivity index (χ4n) is 8.72. The van der Waals surface area contributed by atoms with Crippen LogP contribution in [0.2, 0.25) is 0 Å². The zero-order valence-corrected chi connectivity index (χ0v) is 48.7. The Hall–Kier alpha value is -8.14. The smallest absolute Gasteiger partial charge is 0.416 e. The second kappa shape index (κ2) is 34.9. The Morgan fingerprint density at radius 1 is 0.415 bits per heavy atom. The molecule has 2 atom stereocenters. The van der Waals surface area contributed by atoms with E-state index >= 15 is 9.59 Å². The van der Waals surface area contributed by atoms with Gasteiger partial charge in [0.1, 0.15) is 6.04 Å². The molecular formula is C66H82N4O12. The SMILES string of the molecule is CCCCOC(=O)C(NC(=O)c1cc(Cc2cc(C(=O)N(CCc3ccccc3)C(=O)OCCCC)cc(C(=O)N(CCc3ccccc3)C(=O)OCCCC)c2)cc(C(=O)N(CCc2ccccc2)C(=O)OCCCC)c1)C(C)CC. The van der Waals surface area contributed by atoms with Gasteiger partial charge < -0.3 is 24.3 Å². The number of benzene rings is 5. The van der Waals surface area contributed by atoms with Crippen LogP contribution >= 0.6 is 0 Å². The average molecular weight is 1120 g/mol. The van der Waals surface area contributed by atoms with Crippen molar-refractivity contribution in [2.24, 2.45) is 5.92 Å².